The van der Waals surface area contributed by atoms with Gasteiger partial charge in [0.2, 0.25) is 76.8 Å². The van der Waals surface area contributed by atoms with E-state index in [0.29, 0.717) is 44.1 Å². The van der Waals surface area contributed by atoms with Crippen LogP contribution in [0.2, 0.25) is 0 Å². The number of nitrogens with zero attached hydrogens (tertiary/aromatic N) is 1. The van der Waals surface area contributed by atoms with Crippen LogP contribution in [0, 0.1) is 11.8 Å². The van der Waals surface area contributed by atoms with Gasteiger partial charge >= 0.3 is 12.1 Å². The molecule has 2 aromatic carbocycles. The number of aliphatic imine (C=N–C) groups is 1. The fourth-order valence-corrected chi connectivity index (χ4v) is 10.8. The van der Waals surface area contributed by atoms with E-state index >= 15 is 0 Å². The number of hydrogen-bond donors (Lipinski definition) is 19. The Morgan fingerprint density at radius 3 is 1.52 bits per heavy atom. The lowest BCUT2D eigenvalue weighted by molar-refractivity contribution is -0.173. The lowest BCUT2D eigenvalue weighted by Gasteiger charge is -2.24. The molecule has 14 amide bonds. The number of benzene rings is 2. The number of aromatic hydroxyl groups is 1. The maximum atomic E-state index is 14.1. The van der Waals surface area contributed by atoms with Crippen molar-refractivity contribution in [2.45, 2.75) is 212 Å². The number of phenolic OH excluding ortho intramolecular Hbond substituents is 1. The van der Waals surface area contributed by atoms with Crippen LogP contribution in [0.25, 0.3) is 10.9 Å². The van der Waals surface area contributed by atoms with Gasteiger partial charge in [-0.25, -0.2) is 0 Å². The molecule has 0 bridgehead atoms. The molecule has 0 unspecified atom stereocenters. The standard InChI is InChI=1S/C71H110F3N19O15/c1-41(2)34-53(61(76)100)92-67(106)54(35-42(3)4)90-60(99)40-86-62(101)43(5)87-63(102)44(6)88-66(105)52(21-17-33-83-70(77)78)89-59(98)39-85-58(97)24-11-15-30-80-56(95)22-10-14-29-79-57(96)23-12-16-31-81-65(104)51(20-9-13-32-82-69(108)71(72,73)74)91-68(107)55(36-45-25-27-47(94)28-26-45)93-64(103)49(75)37-46-38-84-50-19-8-7-18-48(46)50/h7-8,18-19,25-28,38,41-44,49,51-55,84,94H,9-17,20-24,29-37,39-40,75H2,1-6H3,(H2,76,100)(H,79,96)(H,80,95)(H,81,104)(H,82,108)(H,85,97)(H,86,101)(H,87,102)(H,88,105)(H,89,98)(H,90,99)(H,91,107)(H,92,106)(H,93,103)(H4,77,78,83)/t43-,44-,49-,51-,52-,53-,54-,55-/m0/s1. The monoisotopic (exact) mass is 1530 g/mol. The van der Waals surface area contributed by atoms with Crippen LogP contribution >= 0.6 is 0 Å². The number of aromatic nitrogens is 1. The molecule has 0 radical (unpaired) electrons. The Kier molecular flexibility index (Phi) is 41.2. The summed E-state index contributed by atoms with van der Waals surface area (Å²) in [6.45, 7) is 9.24. The fourth-order valence-electron chi connectivity index (χ4n) is 10.8. The number of phenols is 1. The Morgan fingerprint density at radius 2 is 0.935 bits per heavy atom. The van der Waals surface area contributed by atoms with Gasteiger partial charge in [0.25, 0.3) is 0 Å². The summed E-state index contributed by atoms with van der Waals surface area (Å²) in [7, 11) is 0. The van der Waals surface area contributed by atoms with Crippen LogP contribution in [0.15, 0.2) is 59.7 Å². The van der Waals surface area contributed by atoms with Gasteiger partial charge in [-0.1, -0.05) is 58.0 Å². The van der Waals surface area contributed by atoms with Crippen LogP contribution in [0.3, 0.4) is 0 Å². The minimum Gasteiger partial charge on any atom is -0.508 e. The highest BCUT2D eigenvalue weighted by Gasteiger charge is 2.38. The van der Waals surface area contributed by atoms with E-state index in [9.17, 15) is 85.4 Å². The fraction of sp³-hybridized carbons (Fsp3) is 0.592. The summed E-state index contributed by atoms with van der Waals surface area (Å²) in [6, 6.07) is 3.93. The molecule has 8 atom stereocenters. The molecule has 0 aliphatic heterocycles. The number of nitrogens with one attached hydrogen (secondary N) is 14. The van der Waals surface area contributed by atoms with Crippen molar-refractivity contribution in [2.75, 3.05) is 45.8 Å². The second-order valence-electron chi connectivity index (χ2n) is 27.1. The predicted molar refractivity (Wildman–Crippen MR) is 394 cm³/mol. The number of rotatable bonds is 51. The van der Waals surface area contributed by atoms with E-state index < -0.39 is 138 Å². The zero-order chi connectivity index (χ0) is 80.5. The van der Waals surface area contributed by atoms with Crippen molar-refractivity contribution in [2.24, 2.45) is 39.8 Å². The Morgan fingerprint density at radius 1 is 0.463 bits per heavy atom. The quantitative estimate of drug-likeness (QED) is 0.0183. The second kappa shape index (κ2) is 48.6. The highest BCUT2D eigenvalue weighted by molar-refractivity contribution is 5.97. The largest absolute Gasteiger partial charge is 0.508 e. The van der Waals surface area contributed by atoms with Gasteiger partial charge < -0.3 is 102 Å². The average Bonchev–Trinajstić information content (AvgIpc) is 1.69. The number of unbranched alkanes of at least 4 members (excludes halogenated alkanes) is 4. The first-order chi connectivity index (χ1) is 51.0. The average molecular weight is 1530 g/mol. The molecule has 0 aliphatic rings. The molecule has 23 N–H and O–H groups in total. The Hall–Kier alpha value is -10.6. The van der Waals surface area contributed by atoms with Gasteiger partial charge in [0, 0.05) is 75.5 Å². The van der Waals surface area contributed by atoms with E-state index in [1.54, 1.807) is 23.6 Å². The minimum atomic E-state index is -5.10. The van der Waals surface area contributed by atoms with Crippen LogP contribution < -0.4 is 92.1 Å². The molecule has 1 heterocycles. The van der Waals surface area contributed by atoms with Crippen LogP contribution in [0.5, 0.6) is 5.75 Å². The van der Waals surface area contributed by atoms with Gasteiger partial charge in [-0.15, -0.1) is 0 Å². The molecule has 0 aliphatic carbocycles. The molecule has 108 heavy (non-hydrogen) atoms. The lowest BCUT2D eigenvalue weighted by Crippen LogP contribution is -2.56. The highest BCUT2D eigenvalue weighted by atomic mass is 19.4. The van der Waals surface area contributed by atoms with E-state index in [1.807, 2.05) is 52.0 Å². The van der Waals surface area contributed by atoms with E-state index in [0.717, 1.165) is 16.5 Å². The van der Waals surface area contributed by atoms with Crippen LogP contribution in [-0.4, -0.2) is 199 Å². The van der Waals surface area contributed by atoms with Crippen LogP contribution in [-0.2, 0) is 80.0 Å². The first kappa shape index (κ1) is 91.6. The third kappa shape index (κ3) is 37.6. The lowest BCUT2D eigenvalue weighted by atomic mass is 10.0. The summed E-state index contributed by atoms with van der Waals surface area (Å²) < 4.78 is 38.5. The number of hydrogen-bond acceptors (Lipinski definition) is 17. The maximum absolute atomic E-state index is 14.1. The summed E-state index contributed by atoms with van der Waals surface area (Å²) in [5.41, 5.74) is 24.8. The molecule has 34 nitrogen and oxygen atoms in total. The number of fused-ring (bicyclic) bond motifs is 1. The Balaban J connectivity index is 1.38. The van der Waals surface area contributed by atoms with Gasteiger partial charge in [0.05, 0.1) is 19.1 Å². The zero-order valence-electron chi connectivity index (χ0n) is 62.2. The first-order valence-corrected chi connectivity index (χ1v) is 36.3. The van der Waals surface area contributed by atoms with Crippen molar-refractivity contribution in [1.82, 2.24) is 74.1 Å². The highest BCUT2D eigenvalue weighted by Crippen LogP contribution is 2.20. The number of halogens is 3. The van der Waals surface area contributed by atoms with Crippen molar-refractivity contribution < 1.29 is 85.4 Å². The molecule has 1 aromatic heterocycles. The SMILES string of the molecule is CC(C)C[C@H](NC(=O)[C@H](CC(C)C)NC(=O)CNC(=O)[C@H](C)NC(=O)[C@H](C)NC(=O)[C@H](CCCN=C(N)N)NC(=O)CNC(=O)CCCCNC(=O)CCCCNC(=O)CCCCNC(=O)[C@H](CCCCNC(=O)C(F)(F)F)NC(=O)[C@H](Cc1ccc(O)cc1)NC(=O)[C@@H](N)Cc1c[nH]c2ccccc12)C(N)=O. The maximum Gasteiger partial charge on any atom is 0.471 e. The third-order valence-corrected chi connectivity index (χ3v) is 16.7. The van der Waals surface area contributed by atoms with Gasteiger partial charge in [-0.05, 0) is 145 Å². The van der Waals surface area contributed by atoms with Gasteiger partial charge in [-0.3, -0.25) is 72.1 Å². The number of primary amides is 1. The number of nitrogens with two attached hydrogens (primary N) is 4. The number of aromatic amines is 1. The summed E-state index contributed by atoms with van der Waals surface area (Å²) in [5.74, 6) is -10.7. The molecule has 0 spiro atoms. The van der Waals surface area contributed by atoms with Crippen molar-refractivity contribution in [3.05, 3.63) is 65.9 Å². The van der Waals surface area contributed by atoms with Gasteiger partial charge in [-0.2, -0.15) is 13.2 Å². The molecule has 600 valence electrons. The molecule has 0 saturated carbocycles. The smallest absolute Gasteiger partial charge is 0.471 e. The minimum absolute atomic E-state index is 0.000244. The van der Waals surface area contributed by atoms with Gasteiger partial charge in [0.1, 0.15) is 48.0 Å². The Bertz CT molecular complexity index is 3500. The van der Waals surface area contributed by atoms with Crippen LogP contribution in [0.4, 0.5) is 13.2 Å². The molecule has 0 saturated heterocycles. The molecule has 3 aromatic rings. The molecule has 3 rings (SSSR count). The third-order valence-electron chi connectivity index (χ3n) is 16.7. The predicted octanol–water partition coefficient (Wildman–Crippen LogP) is -1.01. The number of carbonyl (C=O) groups is 14. The van der Waals surface area contributed by atoms with Crippen molar-refractivity contribution in [3.63, 3.8) is 0 Å². The van der Waals surface area contributed by atoms with Crippen LogP contribution in [0.1, 0.15) is 155 Å². The normalized spacial score (nSPS) is 13.4. The van der Waals surface area contributed by atoms with E-state index in [1.165, 1.54) is 26.0 Å². The summed E-state index contributed by atoms with van der Waals surface area (Å²) >= 11 is 0. The zero-order valence-corrected chi connectivity index (χ0v) is 62.2. The van der Waals surface area contributed by atoms with Crippen molar-refractivity contribution in [3.8, 4) is 5.75 Å². The van der Waals surface area contributed by atoms with E-state index in [4.69, 9.17) is 22.9 Å². The Labute approximate surface area is 625 Å². The molecular formula is C71H110F3N19O15. The summed E-state index contributed by atoms with van der Waals surface area (Å²) in [4.78, 5) is 188. The van der Waals surface area contributed by atoms with Gasteiger partial charge in [0.15, 0.2) is 5.96 Å². The number of carbonyl (C=O) groups excluding carboxylic acids is 14. The second-order valence-corrected chi connectivity index (χ2v) is 27.1. The topological polar surface area (TPSA) is 548 Å². The summed E-state index contributed by atoms with van der Waals surface area (Å²) in [5, 5.41) is 43.6. The number of guanidine groups is 1. The van der Waals surface area contributed by atoms with Crippen molar-refractivity contribution >= 4 is 99.6 Å². The number of para-hydroxylation sites is 1. The first-order valence-electron chi connectivity index (χ1n) is 36.3. The molecular weight excluding hydrogens is 1420 g/mol. The molecule has 0 fully saturated rings. The number of amides is 14. The summed E-state index contributed by atoms with van der Waals surface area (Å²) in [6.07, 6.45) is -0.0425. The van der Waals surface area contributed by atoms with E-state index in [-0.39, 0.29) is 145 Å². The van der Waals surface area contributed by atoms with Crippen molar-refractivity contribution in [1.29, 1.82) is 0 Å². The van der Waals surface area contributed by atoms with E-state index in [2.05, 4.69) is 73.8 Å². The number of alkyl halides is 3. The molecule has 37 heteroatoms. The number of H-pyrrole nitrogens is 1.